The first-order valence-corrected chi connectivity index (χ1v) is 11.4. The number of primary amides is 1. The Bertz CT molecular complexity index is 997. The molecule has 0 bridgehead atoms. The maximum atomic E-state index is 13.1. The first-order chi connectivity index (χ1) is 17.2. The van der Waals surface area contributed by atoms with Crippen LogP contribution in [0.2, 0.25) is 0 Å². The summed E-state index contributed by atoms with van der Waals surface area (Å²) in [4.78, 5) is 72.2. The van der Waals surface area contributed by atoms with Crippen molar-refractivity contribution < 1.29 is 44.1 Å². The van der Waals surface area contributed by atoms with Crippen molar-refractivity contribution >= 4 is 35.6 Å². The molecule has 0 aliphatic carbocycles. The molecule has 4 unspecified atom stereocenters. The lowest BCUT2D eigenvalue weighted by atomic mass is 10.0. The SMILES string of the molecule is CC(C)C(N)C(=O)NC(CCC(=O)O)C(=O)NC(Cc1ccc(O)cc1)C(=O)NC(CC(N)=O)C(=O)O. The molecule has 14 nitrogen and oxygen atoms in total. The van der Waals surface area contributed by atoms with Gasteiger partial charge in [-0.05, 0) is 30.0 Å². The number of nitrogens with two attached hydrogens (primary N) is 2. The number of carboxylic acids is 2. The molecule has 0 aliphatic heterocycles. The number of phenols is 1. The van der Waals surface area contributed by atoms with Gasteiger partial charge in [0.1, 0.15) is 23.9 Å². The molecule has 0 saturated heterocycles. The van der Waals surface area contributed by atoms with Gasteiger partial charge in [0, 0.05) is 12.8 Å². The normalized spacial score (nSPS) is 14.1. The van der Waals surface area contributed by atoms with Crippen molar-refractivity contribution in [2.24, 2.45) is 17.4 Å². The highest BCUT2D eigenvalue weighted by Gasteiger charge is 2.31. The molecule has 0 radical (unpaired) electrons. The van der Waals surface area contributed by atoms with Crippen LogP contribution in [0.25, 0.3) is 0 Å². The third kappa shape index (κ3) is 10.9. The lowest BCUT2D eigenvalue weighted by Gasteiger charge is -2.25. The number of carboxylic acid groups (broad SMARTS) is 2. The molecular weight excluding hydrogens is 490 g/mol. The van der Waals surface area contributed by atoms with Crippen LogP contribution in [-0.4, -0.2) is 75.1 Å². The van der Waals surface area contributed by atoms with E-state index < -0.39 is 72.6 Å². The van der Waals surface area contributed by atoms with Crippen LogP contribution in [0, 0.1) is 5.92 Å². The number of carbonyl (C=O) groups excluding carboxylic acids is 4. The number of phenolic OH excluding ortho intramolecular Hbond substituents is 1. The molecule has 4 atom stereocenters. The molecule has 0 fully saturated rings. The minimum absolute atomic E-state index is 0.0564. The minimum Gasteiger partial charge on any atom is -0.508 e. The second-order valence-corrected chi connectivity index (χ2v) is 8.76. The Hall–Kier alpha value is -4.20. The van der Waals surface area contributed by atoms with E-state index in [4.69, 9.17) is 16.6 Å². The molecule has 1 aromatic rings. The van der Waals surface area contributed by atoms with Crippen molar-refractivity contribution in [2.45, 2.75) is 63.7 Å². The summed E-state index contributed by atoms with van der Waals surface area (Å²) in [6.45, 7) is 3.36. The average molecular weight is 524 g/mol. The number of aliphatic carboxylic acids is 2. The number of benzene rings is 1. The third-order valence-electron chi connectivity index (χ3n) is 5.33. The zero-order valence-electron chi connectivity index (χ0n) is 20.5. The summed E-state index contributed by atoms with van der Waals surface area (Å²) >= 11 is 0. The number of amides is 4. The summed E-state index contributed by atoms with van der Waals surface area (Å²) in [5.74, 6) is -6.67. The largest absolute Gasteiger partial charge is 0.508 e. The van der Waals surface area contributed by atoms with Crippen LogP contribution in [0.3, 0.4) is 0 Å². The Balaban J connectivity index is 3.20. The number of rotatable bonds is 15. The highest BCUT2D eigenvalue weighted by Crippen LogP contribution is 2.12. The summed E-state index contributed by atoms with van der Waals surface area (Å²) in [6, 6.07) is 0.165. The summed E-state index contributed by atoms with van der Waals surface area (Å²) < 4.78 is 0. The molecule has 4 amide bonds. The van der Waals surface area contributed by atoms with Gasteiger partial charge in [-0.2, -0.15) is 0 Å². The van der Waals surface area contributed by atoms with Crippen molar-refractivity contribution in [3.63, 3.8) is 0 Å². The molecular formula is C23H33N5O9. The second-order valence-electron chi connectivity index (χ2n) is 8.76. The van der Waals surface area contributed by atoms with Gasteiger partial charge in [-0.3, -0.25) is 24.0 Å². The fourth-order valence-electron chi connectivity index (χ4n) is 3.13. The van der Waals surface area contributed by atoms with Crippen LogP contribution in [0.4, 0.5) is 0 Å². The van der Waals surface area contributed by atoms with E-state index >= 15 is 0 Å². The monoisotopic (exact) mass is 523 g/mol. The van der Waals surface area contributed by atoms with E-state index in [2.05, 4.69) is 16.0 Å². The van der Waals surface area contributed by atoms with E-state index in [1.807, 2.05) is 0 Å². The number of hydrogen-bond acceptors (Lipinski definition) is 8. The van der Waals surface area contributed by atoms with E-state index in [0.29, 0.717) is 5.56 Å². The van der Waals surface area contributed by atoms with Crippen LogP contribution in [0.5, 0.6) is 5.75 Å². The van der Waals surface area contributed by atoms with Crippen LogP contribution in [0.1, 0.15) is 38.7 Å². The van der Waals surface area contributed by atoms with Crippen molar-refractivity contribution in [1.82, 2.24) is 16.0 Å². The predicted octanol–water partition coefficient (Wildman–Crippen LogP) is -1.80. The summed E-state index contributed by atoms with van der Waals surface area (Å²) in [5, 5.41) is 34.8. The van der Waals surface area contributed by atoms with Crippen molar-refractivity contribution in [3.05, 3.63) is 29.8 Å². The number of nitrogens with one attached hydrogen (secondary N) is 3. The van der Waals surface area contributed by atoms with Gasteiger partial charge in [0.2, 0.25) is 23.6 Å². The number of aromatic hydroxyl groups is 1. The number of carbonyl (C=O) groups is 6. The zero-order chi connectivity index (χ0) is 28.3. The van der Waals surface area contributed by atoms with Crippen LogP contribution >= 0.6 is 0 Å². The summed E-state index contributed by atoms with van der Waals surface area (Å²) in [6.07, 6.45) is -1.67. The van der Waals surface area contributed by atoms with Gasteiger partial charge < -0.3 is 42.7 Å². The predicted molar refractivity (Wildman–Crippen MR) is 129 cm³/mol. The zero-order valence-corrected chi connectivity index (χ0v) is 20.5. The molecule has 0 saturated carbocycles. The highest BCUT2D eigenvalue weighted by molar-refractivity contribution is 5.95. The quantitative estimate of drug-likeness (QED) is 0.128. The van der Waals surface area contributed by atoms with Gasteiger partial charge in [0.15, 0.2) is 0 Å². The maximum absolute atomic E-state index is 13.1. The molecule has 0 aliphatic rings. The Morgan fingerprint density at radius 1 is 0.838 bits per heavy atom. The molecule has 0 spiro atoms. The highest BCUT2D eigenvalue weighted by atomic mass is 16.4. The molecule has 204 valence electrons. The second kappa shape index (κ2) is 14.4. The molecule has 10 N–H and O–H groups in total. The third-order valence-corrected chi connectivity index (χ3v) is 5.33. The van der Waals surface area contributed by atoms with Crippen molar-refractivity contribution in [2.75, 3.05) is 0 Å². The van der Waals surface area contributed by atoms with E-state index in [1.54, 1.807) is 13.8 Å². The van der Waals surface area contributed by atoms with E-state index in [-0.39, 0.29) is 24.5 Å². The average Bonchev–Trinajstić information content (AvgIpc) is 2.80. The van der Waals surface area contributed by atoms with Crippen molar-refractivity contribution in [3.8, 4) is 5.75 Å². The van der Waals surface area contributed by atoms with Gasteiger partial charge in [0.25, 0.3) is 0 Å². The summed E-state index contributed by atoms with van der Waals surface area (Å²) in [7, 11) is 0. The molecule has 1 aromatic carbocycles. The maximum Gasteiger partial charge on any atom is 0.326 e. The van der Waals surface area contributed by atoms with Crippen LogP contribution < -0.4 is 27.4 Å². The van der Waals surface area contributed by atoms with E-state index in [9.17, 15) is 39.0 Å². The van der Waals surface area contributed by atoms with Gasteiger partial charge in [0.05, 0.1) is 12.5 Å². The van der Waals surface area contributed by atoms with E-state index in [0.717, 1.165) is 0 Å². The summed E-state index contributed by atoms with van der Waals surface area (Å²) in [5.41, 5.74) is 11.3. The lowest BCUT2D eigenvalue weighted by Crippen LogP contribution is -2.58. The van der Waals surface area contributed by atoms with Crippen LogP contribution in [0.15, 0.2) is 24.3 Å². The molecule has 0 heterocycles. The van der Waals surface area contributed by atoms with E-state index in [1.165, 1.54) is 24.3 Å². The molecule has 14 heteroatoms. The Kier molecular flexibility index (Phi) is 12.0. The smallest absolute Gasteiger partial charge is 0.326 e. The minimum atomic E-state index is -1.67. The number of hydrogen-bond donors (Lipinski definition) is 8. The standard InChI is InChI=1S/C23H33N5O9/c1-11(2)19(25)22(35)26-14(7-8-18(31)32)20(33)27-15(9-12-3-5-13(29)6-4-12)21(34)28-16(23(36)37)10-17(24)30/h3-6,11,14-16,19,29H,7-10,25H2,1-2H3,(H2,24,30)(H,26,35)(H,27,33)(H,28,34)(H,31,32)(H,36,37). The Morgan fingerprint density at radius 2 is 1.35 bits per heavy atom. The lowest BCUT2D eigenvalue weighted by molar-refractivity contribution is -0.143. The van der Waals surface area contributed by atoms with Crippen LogP contribution in [-0.2, 0) is 35.2 Å². The fraction of sp³-hybridized carbons (Fsp3) is 0.478. The Morgan fingerprint density at radius 3 is 1.84 bits per heavy atom. The fourth-order valence-corrected chi connectivity index (χ4v) is 3.13. The molecule has 37 heavy (non-hydrogen) atoms. The first kappa shape index (κ1) is 30.8. The first-order valence-electron chi connectivity index (χ1n) is 11.4. The van der Waals surface area contributed by atoms with Gasteiger partial charge in [-0.1, -0.05) is 26.0 Å². The van der Waals surface area contributed by atoms with Crippen molar-refractivity contribution in [1.29, 1.82) is 0 Å². The molecule has 0 aromatic heterocycles. The Labute approximate surface area is 212 Å². The van der Waals surface area contributed by atoms with Gasteiger partial charge >= 0.3 is 11.9 Å². The molecule has 1 rings (SSSR count). The van der Waals surface area contributed by atoms with Gasteiger partial charge in [-0.15, -0.1) is 0 Å². The van der Waals surface area contributed by atoms with Gasteiger partial charge in [-0.25, -0.2) is 4.79 Å². The topological polar surface area (TPSA) is 251 Å².